The molecule has 27 heavy (non-hydrogen) atoms. The summed E-state index contributed by atoms with van der Waals surface area (Å²) in [5, 5.41) is 0. The lowest BCUT2D eigenvalue weighted by atomic mass is 10.1. The number of amides is 3. The first-order valence-corrected chi connectivity index (χ1v) is 8.05. The van der Waals surface area contributed by atoms with Crippen LogP contribution in [0.1, 0.15) is 33.2 Å². The number of fused-ring (bicyclic) bond motifs is 1. The first-order chi connectivity index (χ1) is 12.9. The Kier molecular flexibility index (Phi) is 5.02. The summed E-state index contributed by atoms with van der Waals surface area (Å²) < 4.78 is 23.9. The van der Waals surface area contributed by atoms with Crippen LogP contribution in [0, 0.1) is 5.82 Å². The van der Waals surface area contributed by atoms with Crippen molar-refractivity contribution < 1.29 is 28.2 Å². The Morgan fingerprint density at radius 2 is 1.89 bits per heavy atom. The first-order valence-electron chi connectivity index (χ1n) is 8.05. The quantitative estimate of drug-likeness (QED) is 0.774. The van der Waals surface area contributed by atoms with E-state index in [9.17, 15) is 18.8 Å². The van der Waals surface area contributed by atoms with Crippen LogP contribution >= 0.6 is 0 Å². The number of halogens is 1. The van der Waals surface area contributed by atoms with Gasteiger partial charge in [-0.05, 0) is 25.1 Å². The molecule has 1 aromatic carbocycles. The van der Waals surface area contributed by atoms with E-state index in [1.807, 2.05) is 0 Å². The Labute approximate surface area is 153 Å². The van der Waals surface area contributed by atoms with Crippen LogP contribution < -0.4 is 10.5 Å². The van der Waals surface area contributed by atoms with Gasteiger partial charge in [0.2, 0.25) is 5.88 Å². The first kappa shape index (κ1) is 18.3. The van der Waals surface area contributed by atoms with Crippen molar-refractivity contribution in [3.05, 3.63) is 59.0 Å². The number of aromatic nitrogens is 1. The molecule has 2 heterocycles. The van der Waals surface area contributed by atoms with Gasteiger partial charge in [0, 0.05) is 5.56 Å². The number of primary amides is 1. The summed E-state index contributed by atoms with van der Waals surface area (Å²) in [7, 11) is 0. The van der Waals surface area contributed by atoms with Crippen LogP contribution in [0.25, 0.3) is 0 Å². The predicted octanol–water partition coefficient (Wildman–Crippen LogP) is 1.88. The van der Waals surface area contributed by atoms with Crippen LogP contribution in [0.2, 0.25) is 0 Å². The molecule has 140 valence electrons. The molecule has 9 heteroatoms. The van der Waals surface area contributed by atoms with Gasteiger partial charge in [-0.15, -0.1) is 0 Å². The van der Waals surface area contributed by atoms with Crippen LogP contribution in [0.5, 0.6) is 5.88 Å². The topological polar surface area (TPSA) is 112 Å². The molecule has 0 saturated carbocycles. The molecule has 1 atom stereocenters. The van der Waals surface area contributed by atoms with Crippen molar-refractivity contribution in [1.82, 2.24) is 9.88 Å². The van der Waals surface area contributed by atoms with Gasteiger partial charge < -0.3 is 15.2 Å². The van der Waals surface area contributed by atoms with Crippen molar-refractivity contribution >= 4 is 17.9 Å². The van der Waals surface area contributed by atoms with Gasteiger partial charge in [-0.1, -0.05) is 12.1 Å². The van der Waals surface area contributed by atoms with Crippen LogP contribution in [-0.4, -0.2) is 40.5 Å². The van der Waals surface area contributed by atoms with E-state index >= 15 is 0 Å². The van der Waals surface area contributed by atoms with Crippen molar-refractivity contribution in [2.45, 2.75) is 19.6 Å². The highest BCUT2D eigenvalue weighted by Crippen LogP contribution is 2.27. The van der Waals surface area contributed by atoms with Gasteiger partial charge >= 0.3 is 6.09 Å². The Balaban J connectivity index is 1.81. The lowest BCUT2D eigenvalue weighted by Gasteiger charge is -2.19. The maximum Gasteiger partial charge on any atom is 0.404 e. The van der Waals surface area contributed by atoms with Crippen LogP contribution in [0.4, 0.5) is 9.18 Å². The molecule has 2 N–H and O–H groups in total. The van der Waals surface area contributed by atoms with Gasteiger partial charge in [0.15, 0.2) is 0 Å². The normalized spacial score (nSPS) is 14.1. The largest absolute Gasteiger partial charge is 0.471 e. The molecule has 0 radical (unpaired) electrons. The van der Waals surface area contributed by atoms with E-state index in [1.165, 1.54) is 0 Å². The third-order valence-electron chi connectivity index (χ3n) is 3.87. The fourth-order valence-electron chi connectivity index (χ4n) is 2.67. The molecular formula is C18H16FN3O5. The zero-order valence-electron chi connectivity index (χ0n) is 14.3. The molecule has 0 spiro atoms. The van der Waals surface area contributed by atoms with Crippen molar-refractivity contribution in [3.63, 3.8) is 0 Å². The maximum atomic E-state index is 13.7. The van der Waals surface area contributed by atoms with E-state index in [-0.39, 0.29) is 35.7 Å². The number of hydrogen-bond donors (Lipinski definition) is 1. The third kappa shape index (κ3) is 3.86. The SMILES string of the molecule is CC(COC(N)=O)Oc1ncc(F)cc1CN1C(=O)c2ccccc2C1=O. The fourth-order valence-corrected chi connectivity index (χ4v) is 2.67. The van der Waals surface area contributed by atoms with Gasteiger partial charge in [0.1, 0.15) is 18.5 Å². The molecule has 1 aromatic heterocycles. The van der Waals surface area contributed by atoms with Crippen molar-refractivity contribution in [2.75, 3.05) is 6.61 Å². The second kappa shape index (κ2) is 7.40. The van der Waals surface area contributed by atoms with Gasteiger partial charge in [0.25, 0.3) is 11.8 Å². The number of nitrogens with zero attached hydrogens (tertiary/aromatic N) is 2. The number of hydrogen-bond acceptors (Lipinski definition) is 6. The number of nitrogens with two attached hydrogens (primary N) is 1. The van der Waals surface area contributed by atoms with E-state index in [0.717, 1.165) is 17.2 Å². The summed E-state index contributed by atoms with van der Waals surface area (Å²) in [6.07, 6.45) is -0.636. The summed E-state index contributed by atoms with van der Waals surface area (Å²) in [6.45, 7) is 1.25. The van der Waals surface area contributed by atoms with Crippen LogP contribution in [0.15, 0.2) is 36.5 Å². The van der Waals surface area contributed by atoms with E-state index in [0.29, 0.717) is 0 Å². The average Bonchev–Trinajstić information content (AvgIpc) is 2.87. The second-order valence-electron chi connectivity index (χ2n) is 5.92. The molecule has 0 saturated heterocycles. The number of benzene rings is 1. The molecule has 3 rings (SSSR count). The second-order valence-corrected chi connectivity index (χ2v) is 5.92. The number of rotatable bonds is 6. The molecule has 1 unspecified atom stereocenters. The lowest BCUT2D eigenvalue weighted by Crippen LogP contribution is -2.30. The summed E-state index contributed by atoms with van der Waals surface area (Å²) in [4.78, 5) is 40.5. The minimum atomic E-state index is -0.955. The Morgan fingerprint density at radius 3 is 2.48 bits per heavy atom. The predicted molar refractivity (Wildman–Crippen MR) is 90.5 cm³/mol. The van der Waals surface area contributed by atoms with Crippen molar-refractivity contribution in [2.24, 2.45) is 5.73 Å². The molecule has 3 amide bonds. The number of imide groups is 1. The van der Waals surface area contributed by atoms with E-state index in [1.54, 1.807) is 31.2 Å². The molecule has 1 aliphatic rings. The smallest absolute Gasteiger partial charge is 0.404 e. The number of carbonyl (C=O) groups excluding carboxylic acids is 3. The fraction of sp³-hybridized carbons (Fsp3) is 0.222. The Hall–Kier alpha value is -3.49. The zero-order chi connectivity index (χ0) is 19.6. The minimum absolute atomic E-state index is 0.0218. The van der Waals surface area contributed by atoms with Crippen LogP contribution in [0.3, 0.4) is 0 Å². The molecule has 0 fully saturated rings. The Morgan fingerprint density at radius 1 is 1.26 bits per heavy atom. The third-order valence-corrected chi connectivity index (χ3v) is 3.87. The molecule has 2 aromatic rings. The van der Waals surface area contributed by atoms with E-state index < -0.39 is 29.8 Å². The summed E-state index contributed by atoms with van der Waals surface area (Å²) in [5.74, 6) is -1.57. The van der Waals surface area contributed by atoms with Gasteiger partial charge in [-0.25, -0.2) is 14.2 Å². The highest BCUT2D eigenvalue weighted by Gasteiger charge is 2.35. The summed E-state index contributed by atoms with van der Waals surface area (Å²) in [6, 6.07) is 7.56. The molecular weight excluding hydrogens is 357 g/mol. The Bertz CT molecular complexity index is 883. The summed E-state index contributed by atoms with van der Waals surface area (Å²) in [5.41, 5.74) is 5.68. The monoisotopic (exact) mass is 373 g/mol. The van der Waals surface area contributed by atoms with E-state index in [2.05, 4.69) is 9.72 Å². The van der Waals surface area contributed by atoms with E-state index in [4.69, 9.17) is 10.5 Å². The standard InChI is InChI=1S/C18H16FN3O5/c1-10(9-26-18(20)25)27-15-11(6-12(19)7-21-15)8-22-16(23)13-4-2-3-5-14(13)17(22)24/h2-7,10H,8-9H2,1H3,(H2,20,25). The number of carbonyl (C=O) groups is 3. The highest BCUT2D eigenvalue weighted by molar-refractivity contribution is 6.21. The average molecular weight is 373 g/mol. The maximum absolute atomic E-state index is 13.7. The number of pyridine rings is 1. The van der Waals surface area contributed by atoms with Gasteiger partial charge in [-0.3, -0.25) is 14.5 Å². The molecule has 0 bridgehead atoms. The van der Waals surface area contributed by atoms with Crippen LogP contribution in [-0.2, 0) is 11.3 Å². The zero-order valence-corrected chi connectivity index (χ0v) is 14.3. The van der Waals surface area contributed by atoms with Gasteiger partial charge in [0.05, 0.1) is 23.9 Å². The molecule has 0 aliphatic carbocycles. The molecule has 8 nitrogen and oxygen atoms in total. The summed E-state index contributed by atoms with van der Waals surface area (Å²) >= 11 is 0. The lowest BCUT2D eigenvalue weighted by molar-refractivity contribution is 0.0635. The molecule has 1 aliphatic heterocycles. The van der Waals surface area contributed by atoms with Crippen molar-refractivity contribution in [1.29, 1.82) is 0 Å². The van der Waals surface area contributed by atoms with Gasteiger partial charge in [-0.2, -0.15) is 0 Å². The highest BCUT2D eigenvalue weighted by atomic mass is 19.1. The van der Waals surface area contributed by atoms with Crippen molar-refractivity contribution in [3.8, 4) is 5.88 Å². The minimum Gasteiger partial charge on any atom is -0.471 e. The number of ether oxygens (including phenoxy) is 2.